The molecule has 0 radical (unpaired) electrons. The molecule has 4 heteroatoms. The van der Waals surface area contributed by atoms with E-state index in [0.29, 0.717) is 5.75 Å². The number of rotatable bonds is 6. The van der Waals surface area contributed by atoms with E-state index >= 15 is 0 Å². The lowest BCUT2D eigenvalue weighted by Crippen LogP contribution is -2.05. The summed E-state index contributed by atoms with van der Waals surface area (Å²) in [5, 5.41) is 0. The lowest BCUT2D eigenvalue weighted by molar-refractivity contribution is -0.129. The molecule has 0 bridgehead atoms. The number of hydrogen-bond acceptors (Lipinski definition) is 4. The second-order valence-corrected chi connectivity index (χ2v) is 7.09. The molecule has 0 saturated carbocycles. The minimum absolute atomic E-state index is 0.455. The molecule has 0 heterocycles. The van der Waals surface area contributed by atoms with Crippen molar-refractivity contribution in [2.24, 2.45) is 0 Å². The van der Waals surface area contributed by atoms with Crippen LogP contribution in [0.15, 0.2) is 89.2 Å². The van der Waals surface area contributed by atoms with Crippen molar-refractivity contribution in [1.29, 1.82) is 0 Å². The van der Waals surface area contributed by atoms with Gasteiger partial charge in [-0.15, -0.1) is 0 Å². The Balaban J connectivity index is 1.85. The third-order valence-corrected chi connectivity index (χ3v) is 4.88. The molecule has 0 aliphatic heterocycles. The first-order valence-electron chi connectivity index (χ1n) is 8.52. The smallest absolute Gasteiger partial charge is 0.335 e. The molecular weight excluding hydrogens is 356 g/mol. The maximum absolute atomic E-state index is 11.5. The quantitative estimate of drug-likeness (QED) is 0.286. The number of carbonyl (C=O) groups excluding carboxylic acids is 1. The summed E-state index contributed by atoms with van der Waals surface area (Å²) in [5.41, 5.74) is 1.79. The van der Waals surface area contributed by atoms with Crippen molar-refractivity contribution >= 4 is 17.7 Å². The number of hydrogen-bond donors (Lipinski definition) is 0. The molecule has 0 amide bonds. The van der Waals surface area contributed by atoms with Gasteiger partial charge in [0.05, 0.1) is 4.90 Å². The number of para-hydroxylation sites is 2. The van der Waals surface area contributed by atoms with Gasteiger partial charge in [0.15, 0.2) is 0 Å². The first-order valence-corrected chi connectivity index (χ1v) is 9.34. The Morgan fingerprint density at radius 3 is 2.26 bits per heavy atom. The molecule has 0 fully saturated rings. The Kier molecular flexibility index (Phi) is 5.99. The average Bonchev–Trinajstić information content (AvgIpc) is 2.67. The second-order valence-electron chi connectivity index (χ2n) is 5.98. The number of benzene rings is 3. The molecule has 0 aliphatic carbocycles. The predicted octanol–water partition coefficient (Wildman–Crippen LogP) is 6.34. The van der Waals surface area contributed by atoms with E-state index in [0.717, 1.165) is 32.4 Å². The van der Waals surface area contributed by atoms with Crippen LogP contribution in [0.1, 0.15) is 11.1 Å². The van der Waals surface area contributed by atoms with Gasteiger partial charge in [0.1, 0.15) is 17.2 Å². The van der Waals surface area contributed by atoms with E-state index in [1.165, 1.54) is 6.08 Å². The molecule has 3 rings (SSSR count). The molecule has 3 aromatic carbocycles. The van der Waals surface area contributed by atoms with Crippen LogP contribution in [0.5, 0.6) is 17.2 Å². The fraction of sp³-hybridized carbons (Fsp3) is 0.0870. The predicted molar refractivity (Wildman–Crippen MR) is 109 cm³/mol. The van der Waals surface area contributed by atoms with Gasteiger partial charge in [-0.1, -0.05) is 48.7 Å². The van der Waals surface area contributed by atoms with Crippen molar-refractivity contribution in [3.8, 4) is 17.2 Å². The van der Waals surface area contributed by atoms with E-state index in [9.17, 15) is 4.79 Å². The van der Waals surface area contributed by atoms with Gasteiger partial charge in [-0.05, 0) is 61.4 Å². The Morgan fingerprint density at radius 1 is 0.963 bits per heavy atom. The number of ether oxygens (including phenoxy) is 2. The van der Waals surface area contributed by atoms with E-state index in [4.69, 9.17) is 9.47 Å². The van der Waals surface area contributed by atoms with Crippen LogP contribution in [-0.4, -0.2) is 5.97 Å². The molecule has 0 unspecified atom stereocenters. The van der Waals surface area contributed by atoms with Crippen molar-refractivity contribution in [2.75, 3.05) is 0 Å². The van der Waals surface area contributed by atoms with E-state index in [-0.39, 0.29) is 0 Å². The maximum Gasteiger partial charge on any atom is 0.335 e. The Morgan fingerprint density at radius 2 is 1.59 bits per heavy atom. The highest BCUT2D eigenvalue weighted by atomic mass is 32.2. The number of carbonyl (C=O) groups is 1. The summed E-state index contributed by atoms with van der Waals surface area (Å²) in [6, 6.07) is 21.6. The van der Waals surface area contributed by atoms with Crippen LogP contribution in [-0.2, 0) is 4.79 Å². The highest BCUT2D eigenvalue weighted by Gasteiger charge is 2.12. The molecular formula is C23H20O3S. The van der Waals surface area contributed by atoms with Crippen LogP contribution in [0.2, 0.25) is 0 Å². The topological polar surface area (TPSA) is 35.5 Å². The fourth-order valence-electron chi connectivity index (χ4n) is 2.63. The van der Waals surface area contributed by atoms with Crippen LogP contribution in [0.4, 0.5) is 0 Å². The highest BCUT2D eigenvalue weighted by Crippen LogP contribution is 2.39. The van der Waals surface area contributed by atoms with Gasteiger partial charge < -0.3 is 9.47 Å². The third-order valence-electron chi connectivity index (χ3n) is 3.85. The maximum atomic E-state index is 11.5. The van der Waals surface area contributed by atoms with Crippen LogP contribution >= 0.6 is 11.8 Å². The highest BCUT2D eigenvalue weighted by molar-refractivity contribution is 7.99. The Hall–Kier alpha value is -2.98. The van der Waals surface area contributed by atoms with Crippen molar-refractivity contribution in [3.63, 3.8) is 0 Å². The number of esters is 1. The summed E-state index contributed by atoms with van der Waals surface area (Å²) in [5.74, 6) is 1.72. The zero-order valence-corrected chi connectivity index (χ0v) is 16.1. The first-order chi connectivity index (χ1) is 13.1. The monoisotopic (exact) mass is 376 g/mol. The van der Waals surface area contributed by atoms with E-state index in [2.05, 4.69) is 6.58 Å². The lowest BCUT2D eigenvalue weighted by Gasteiger charge is -2.14. The molecule has 0 saturated heterocycles. The van der Waals surface area contributed by atoms with Crippen molar-refractivity contribution < 1.29 is 14.3 Å². The third kappa shape index (κ3) is 4.80. The van der Waals surface area contributed by atoms with Crippen LogP contribution in [0, 0.1) is 13.8 Å². The van der Waals surface area contributed by atoms with Gasteiger partial charge in [-0.3, -0.25) is 0 Å². The summed E-state index contributed by atoms with van der Waals surface area (Å²) in [7, 11) is 0. The first kappa shape index (κ1) is 18.8. The van der Waals surface area contributed by atoms with E-state index < -0.39 is 5.97 Å². The normalized spacial score (nSPS) is 10.3. The van der Waals surface area contributed by atoms with E-state index in [1.807, 2.05) is 80.6 Å². The molecule has 0 atom stereocenters. The summed E-state index contributed by atoms with van der Waals surface area (Å²) in [6.07, 6.45) is 1.17. The average molecular weight is 376 g/mol. The zero-order valence-electron chi connectivity index (χ0n) is 15.3. The van der Waals surface area contributed by atoms with Crippen LogP contribution in [0.25, 0.3) is 0 Å². The lowest BCUT2D eigenvalue weighted by atomic mass is 10.1. The van der Waals surface area contributed by atoms with Gasteiger partial charge in [0, 0.05) is 11.0 Å². The Labute approximate surface area is 163 Å². The molecule has 0 spiro atoms. The minimum Gasteiger partial charge on any atom is -0.456 e. The largest absolute Gasteiger partial charge is 0.456 e. The SMILES string of the molecule is C=CC(=O)Oc1c(C)cc(Sc2ccccc2Oc2ccccc2)cc1C. The summed E-state index contributed by atoms with van der Waals surface area (Å²) < 4.78 is 11.4. The van der Waals surface area contributed by atoms with E-state index in [1.54, 1.807) is 11.8 Å². The molecule has 0 aromatic heterocycles. The minimum atomic E-state index is -0.455. The van der Waals surface area contributed by atoms with Crippen molar-refractivity contribution in [3.05, 3.63) is 90.5 Å². The van der Waals surface area contributed by atoms with Gasteiger partial charge in [0.25, 0.3) is 0 Å². The molecule has 136 valence electrons. The van der Waals surface area contributed by atoms with Crippen molar-refractivity contribution in [1.82, 2.24) is 0 Å². The molecule has 0 N–H and O–H groups in total. The summed E-state index contributed by atoms with van der Waals surface area (Å²) in [4.78, 5) is 13.6. The molecule has 3 aromatic rings. The van der Waals surface area contributed by atoms with Crippen LogP contribution in [0.3, 0.4) is 0 Å². The Bertz CT molecular complexity index is 941. The van der Waals surface area contributed by atoms with Crippen molar-refractivity contribution in [2.45, 2.75) is 23.6 Å². The van der Waals surface area contributed by atoms with Crippen LogP contribution < -0.4 is 9.47 Å². The zero-order chi connectivity index (χ0) is 19.2. The fourth-order valence-corrected chi connectivity index (χ4v) is 3.72. The van der Waals surface area contributed by atoms with Gasteiger partial charge in [0.2, 0.25) is 0 Å². The summed E-state index contributed by atoms with van der Waals surface area (Å²) >= 11 is 1.61. The molecule has 0 aliphatic rings. The standard InChI is InChI=1S/C23H20O3S/c1-4-22(24)26-23-16(2)14-19(15-17(23)3)27-21-13-9-8-12-20(21)25-18-10-6-5-7-11-18/h4-15H,1H2,2-3H3. The van der Waals surface area contributed by atoms with Gasteiger partial charge >= 0.3 is 5.97 Å². The van der Waals surface area contributed by atoms with Gasteiger partial charge in [-0.2, -0.15) is 0 Å². The summed E-state index contributed by atoms with van der Waals surface area (Å²) in [6.45, 7) is 7.29. The number of aryl methyl sites for hydroxylation is 2. The second kappa shape index (κ2) is 8.60. The molecule has 3 nitrogen and oxygen atoms in total. The molecule has 27 heavy (non-hydrogen) atoms. The van der Waals surface area contributed by atoms with Gasteiger partial charge in [-0.25, -0.2) is 4.79 Å².